The average Bonchev–Trinajstić information content (AvgIpc) is 2.15. The summed E-state index contributed by atoms with van der Waals surface area (Å²) < 4.78 is 6.13. The Bertz CT molecular complexity index is 305. The predicted molar refractivity (Wildman–Crippen MR) is 60.0 cm³/mol. The standard InChI is InChI=1S/C11H13BrO/c1-3-4-5-9-6-7-11(13-2)10(12)8-9/h4-8H,3H2,1-2H3/b5-4+. The largest absolute Gasteiger partial charge is 0.496 e. The molecule has 0 aliphatic rings. The van der Waals surface area contributed by atoms with Crippen molar-refractivity contribution in [3.63, 3.8) is 0 Å². The minimum atomic E-state index is 0.869. The lowest BCUT2D eigenvalue weighted by Gasteiger charge is -2.02. The smallest absolute Gasteiger partial charge is 0.133 e. The fourth-order valence-corrected chi connectivity index (χ4v) is 1.60. The molecule has 0 heterocycles. The third kappa shape index (κ3) is 2.88. The molecule has 2 heteroatoms. The van der Waals surface area contributed by atoms with E-state index in [-0.39, 0.29) is 0 Å². The monoisotopic (exact) mass is 240 g/mol. The van der Waals surface area contributed by atoms with Crippen molar-refractivity contribution >= 4 is 22.0 Å². The Morgan fingerprint density at radius 1 is 1.46 bits per heavy atom. The average molecular weight is 241 g/mol. The van der Waals surface area contributed by atoms with Crippen LogP contribution in [-0.4, -0.2) is 7.11 Å². The second kappa shape index (κ2) is 5.07. The molecule has 0 fully saturated rings. The van der Waals surface area contributed by atoms with Gasteiger partial charge in [0.05, 0.1) is 11.6 Å². The summed E-state index contributed by atoms with van der Waals surface area (Å²) in [5.41, 5.74) is 1.19. The van der Waals surface area contributed by atoms with Gasteiger partial charge in [0.1, 0.15) is 5.75 Å². The number of hydrogen-bond donors (Lipinski definition) is 0. The predicted octanol–water partition coefficient (Wildman–Crippen LogP) is 3.88. The zero-order valence-corrected chi connectivity index (χ0v) is 9.47. The minimum absolute atomic E-state index is 0.869. The van der Waals surface area contributed by atoms with Gasteiger partial charge in [0.2, 0.25) is 0 Å². The molecule has 0 unspecified atom stereocenters. The highest BCUT2D eigenvalue weighted by Gasteiger charge is 1.98. The van der Waals surface area contributed by atoms with E-state index in [1.54, 1.807) is 7.11 Å². The molecule has 1 aromatic carbocycles. The molecule has 1 rings (SSSR count). The van der Waals surface area contributed by atoms with E-state index in [4.69, 9.17) is 4.74 Å². The number of ether oxygens (including phenoxy) is 1. The Morgan fingerprint density at radius 3 is 2.77 bits per heavy atom. The number of halogens is 1. The fourth-order valence-electron chi connectivity index (χ4n) is 1.04. The molecule has 0 saturated carbocycles. The topological polar surface area (TPSA) is 9.23 Å². The van der Waals surface area contributed by atoms with Crippen LogP contribution >= 0.6 is 15.9 Å². The van der Waals surface area contributed by atoms with E-state index < -0.39 is 0 Å². The number of methoxy groups -OCH3 is 1. The highest BCUT2D eigenvalue weighted by molar-refractivity contribution is 9.10. The number of allylic oxidation sites excluding steroid dienone is 1. The van der Waals surface area contributed by atoms with Crippen LogP contribution in [0.2, 0.25) is 0 Å². The normalized spacial score (nSPS) is 10.7. The van der Waals surface area contributed by atoms with Crippen LogP contribution in [0.15, 0.2) is 28.7 Å². The maximum Gasteiger partial charge on any atom is 0.133 e. The van der Waals surface area contributed by atoms with Crippen molar-refractivity contribution in [1.29, 1.82) is 0 Å². The Morgan fingerprint density at radius 2 is 2.23 bits per heavy atom. The highest BCUT2D eigenvalue weighted by Crippen LogP contribution is 2.25. The lowest BCUT2D eigenvalue weighted by Crippen LogP contribution is -1.84. The van der Waals surface area contributed by atoms with Gasteiger partial charge in [-0.15, -0.1) is 0 Å². The molecule has 70 valence electrons. The highest BCUT2D eigenvalue weighted by atomic mass is 79.9. The Hall–Kier alpha value is -0.760. The summed E-state index contributed by atoms with van der Waals surface area (Å²) in [6.45, 7) is 2.12. The third-order valence-corrected chi connectivity index (χ3v) is 2.34. The maximum absolute atomic E-state index is 5.13. The van der Waals surface area contributed by atoms with Gasteiger partial charge in [-0.3, -0.25) is 0 Å². The summed E-state index contributed by atoms with van der Waals surface area (Å²) in [6, 6.07) is 6.04. The summed E-state index contributed by atoms with van der Waals surface area (Å²) in [7, 11) is 1.67. The van der Waals surface area contributed by atoms with Crippen molar-refractivity contribution in [3.05, 3.63) is 34.3 Å². The molecule has 0 saturated heterocycles. The van der Waals surface area contributed by atoms with Crippen molar-refractivity contribution in [2.45, 2.75) is 13.3 Å². The summed E-state index contributed by atoms with van der Waals surface area (Å²) in [4.78, 5) is 0. The lowest BCUT2D eigenvalue weighted by molar-refractivity contribution is 0.412. The van der Waals surface area contributed by atoms with Gasteiger partial charge in [-0.25, -0.2) is 0 Å². The molecular weight excluding hydrogens is 228 g/mol. The quantitative estimate of drug-likeness (QED) is 0.780. The first kappa shape index (κ1) is 10.3. The molecule has 0 aliphatic carbocycles. The molecule has 0 aliphatic heterocycles. The molecule has 1 nitrogen and oxygen atoms in total. The fraction of sp³-hybridized carbons (Fsp3) is 0.273. The third-order valence-electron chi connectivity index (χ3n) is 1.72. The Labute approximate surface area is 87.5 Å². The van der Waals surface area contributed by atoms with Gasteiger partial charge < -0.3 is 4.74 Å². The van der Waals surface area contributed by atoms with Gasteiger partial charge in [-0.05, 0) is 40.0 Å². The zero-order valence-electron chi connectivity index (χ0n) is 7.88. The van der Waals surface area contributed by atoms with Crippen LogP contribution in [0.4, 0.5) is 0 Å². The molecular formula is C11H13BrO. The van der Waals surface area contributed by atoms with Gasteiger partial charge in [0, 0.05) is 0 Å². The summed E-state index contributed by atoms with van der Waals surface area (Å²) >= 11 is 3.44. The molecule has 0 N–H and O–H groups in total. The SMILES string of the molecule is CC/C=C/c1ccc(OC)c(Br)c1. The first-order valence-corrected chi connectivity index (χ1v) is 5.07. The number of rotatable bonds is 3. The van der Waals surface area contributed by atoms with E-state index >= 15 is 0 Å². The van der Waals surface area contributed by atoms with Gasteiger partial charge in [0.15, 0.2) is 0 Å². The van der Waals surface area contributed by atoms with E-state index in [9.17, 15) is 0 Å². The first-order chi connectivity index (χ1) is 6.27. The molecule has 0 radical (unpaired) electrons. The van der Waals surface area contributed by atoms with Crippen LogP contribution in [0, 0.1) is 0 Å². The molecule has 0 atom stereocenters. The molecule has 0 aromatic heterocycles. The van der Waals surface area contributed by atoms with Crippen LogP contribution < -0.4 is 4.74 Å². The van der Waals surface area contributed by atoms with Gasteiger partial charge in [0.25, 0.3) is 0 Å². The molecule has 0 spiro atoms. The molecule has 0 amide bonds. The van der Waals surface area contributed by atoms with Crippen molar-refractivity contribution in [1.82, 2.24) is 0 Å². The maximum atomic E-state index is 5.13. The number of benzene rings is 1. The van der Waals surface area contributed by atoms with Gasteiger partial charge >= 0.3 is 0 Å². The van der Waals surface area contributed by atoms with Crippen molar-refractivity contribution in [2.75, 3.05) is 7.11 Å². The van der Waals surface area contributed by atoms with Crippen LogP contribution in [0.1, 0.15) is 18.9 Å². The van der Waals surface area contributed by atoms with Crippen LogP contribution in [-0.2, 0) is 0 Å². The Kier molecular flexibility index (Phi) is 4.03. The Balaban J connectivity index is 2.89. The van der Waals surface area contributed by atoms with Gasteiger partial charge in [-0.2, -0.15) is 0 Å². The van der Waals surface area contributed by atoms with Crippen molar-refractivity contribution < 1.29 is 4.74 Å². The first-order valence-electron chi connectivity index (χ1n) is 4.28. The van der Waals surface area contributed by atoms with E-state index in [1.165, 1.54) is 5.56 Å². The summed E-state index contributed by atoms with van der Waals surface area (Å²) in [5, 5.41) is 0. The van der Waals surface area contributed by atoms with Crippen LogP contribution in [0.5, 0.6) is 5.75 Å². The van der Waals surface area contributed by atoms with Crippen molar-refractivity contribution in [3.8, 4) is 5.75 Å². The minimum Gasteiger partial charge on any atom is -0.496 e. The molecule has 13 heavy (non-hydrogen) atoms. The lowest BCUT2D eigenvalue weighted by atomic mass is 10.2. The number of hydrogen-bond acceptors (Lipinski definition) is 1. The molecule has 1 aromatic rings. The second-order valence-electron chi connectivity index (χ2n) is 2.70. The second-order valence-corrected chi connectivity index (χ2v) is 3.56. The van der Waals surface area contributed by atoms with E-state index in [2.05, 4.69) is 35.0 Å². The van der Waals surface area contributed by atoms with E-state index in [0.29, 0.717) is 0 Å². The zero-order chi connectivity index (χ0) is 9.68. The summed E-state index contributed by atoms with van der Waals surface area (Å²) in [6.07, 6.45) is 5.29. The molecule has 0 bridgehead atoms. The van der Waals surface area contributed by atoms with Crippen LogP contribution in [0.25, 0.3) is 6.08 Å². The van der Waals surface area contributed by atoms with Crippen LogP contribution in [0.3, 0.4) is 0 Å². The van der Waals surface area contributed by atoms with Gasteiger partial charge in [-0.1, -0.05) is 25.1 Å². The summed E-state index contributed by atoms with van der Waals surface area (Å²) in [5.74, 6) is 0.869. The van der Waals surface area contributed by atoms with E-state index in [0.717, 1.165) is 16.6 Å². The van der Waals surface area contributed by atoms with Crippen molar-refractivity contribution in [2.24, 2.45) is 0 Å². The van der Waals surface area contributed by atoms with E-state index in [1.807, 2.05) is 18.2 Å².